The fourth-order valence-electron chi connectivity index (χ4n) is 5.52. The molecule has 0 spiro atoms. The van der Waals surface area contributed by atoms with Gasteiger partial charge in [-0.25, -0.2) is 31.8 Å². The van der Waals surface area contributed by atoms with Gasteiger partial charge in [0.05, 0.1) is 22.7 Å². The zero-order chi connectivity index (χ0) is 25.1. The normalized spacial score (nSPS) is 20.6. The highest BCUT2D eigenvalue weighted by atomic mass is 32.2. The Labute approximate surface area is 206 Å². The summed E-state index contributed by atoms with van der Waals surface area (Å²) in [6, 6.07) is 9.44. The predicted molar refractivity (Wildman–Crippen MR) is 127 cm³/mol. The summed E-state index contributed by atoms with van der Waals surface area (Å²) < 4.78 is 53.2. The number of hydrogen-bond donors (Lipinski definition) is 0. The molecule has 2 aliphatic rings. The molecular weight excluding hydrogens is 486 g/mol. The number of rotatable bonds is 6. The number of nitrogens with zero attached hydrogens (tertiary/aromatic N) is 6. The van der Waals surface area contributed by atoms with Crippen LogP contribution < -0.4 is 0 Å². The summed E-state index contributed by atoms with van der Waals surface area (Å²) in [4.78, 5) is 8.66. The van der Waals surface area contributed by atoms with Crippen molar-refractivity contribution in [2.75, 3.05) is 12.0 Å². The lowest BCUT2D eigenvalue weighted by molar-refractivity contribution is 0.524. The van der Waals surface area contributed by atoms with Crippen molar-refractivity contribution in [2.45, 2.75) is 37.0 Å². The van der Waals surface area contributed by atoms with Crippen LogP contribution in [0.3, 0.4) is 0 Å². The van der Waals surface area contributed by atoms with Gasteiger partial charge >= 0.3 is 0 Å². The Bertz CT molecular complexity index is 1590. The van der Waals surface area contributed by atoms with Crippen molar-refractivity contribution >= 4 is 9.84 Å². The maximum absolute atomic E-state index is 14.4. The van der Waals surface area contributed by atoms with Crippen LogP contribution in [0.1, 0.15) is 47.8 Å². The highest BCUT2D eigenvalue weighted by Gasteiger charge is 2.52. The van der Waals surface area contributed by atoms with Gasteiger partial charge in [0.15, 0.2) is 11.6 Å². The summed E-state index contributed by atoms with van der Waals surface area (Å²) in [7, 11) is -3.12. The first-order chi connectivity index (χ1) is 17.2. The lowest BCUT2D eigenvalue weighted by Crippen LogP contribution is -2.25. The summed E-state index contributed by atoms with van der Waals surface area (Å²) in [5.41, 5.74) is 2.51. The van der Waals surface area contributed by atoms with Gasteiger partial charge in [0.1, 0.15) is 27.8 Å². The molecule has 36 heavy (non-hydrogen) atoms. The van der Waals surface area contributed by atoms with Crippen LogP contribution in [0.4, 0.5) is 8.78 Å². The highest BCUT2D eigenvalue weighted by Crippen LogP contribution is 2.59. The third-order valence-corrected chi connectivity index (χ3v) is 8.16. The quantitative estimate of drug-likeness (QED) is 0.392. The van der Waals surface area contributed by atoms with Gasteiger partial charge in [-0.3, -0.25) is 0 Å². The van der Waals surface area contributed by atoms with Crippen molar-refractivity contribution in [1.29, 1.82) is 0 Å². The number of aryl methyl sites for hydroxylation is 1. The third kappa shape index (κ3) is 3.78. The molecule has 4 aromatic rings. The molecule has 2 atom stereocenters. The number of halogens is 2. The van der Waals surface area contributed by atoms with Crippen LogP contribution in [0.2, 0.25) is 0 Å². The standard InChI is InChI=1S/C25H22F2N6O2S/c1-36(34,35)10-7-21-29-14-33(32-21)22-11-16(6-9-28-22)25-8-5-15(13-25)17-12-20(30-31-24(17)25)23-18(26)3-2-4-19(23)27/h2-4,6,9,11-12,14-15H,5,7-8,10,13H2,1H3/t15-,25+/m1/s1. The molecule has 0 amide bonds. The first-order valence-electron chi connectivity index (χ1n) is 11.6. The minimum absolute atomic E-state index is 0.0246. The van der Waals surface area contributed by atoms with Gasteiger partial charge in [0, 0.05) is 24.3 Å². The van der Waals surface area contributed by atoms with E-state index in [4.69, 9.17) is 0 Å². The van der Waals surface area contributed by atoms with Gasteiger partial charge in [-0.2, -0.15) is 5.10 Å². The highest BCUT2D eigenvalue weighted by molar-refractivity contribution is 7.90. The second-order valence-corrected chi connectivity index (χ2v) is 11.8. The Morgan fingerprint density at radius 3 is 2.69 bits per heavy atom. The van der Waals surface area contributed by atoms with E-state index in [1.165, 1.54) is 35.5 Å². The minimum atomic E-state index is -3.12. The zero-order valence-corrected chi connectivity index (χ0v) is 20.2. The van der Waals surface area contributed by atoms with Crippen LogP contribution in [0, 0.1) is 11.6 Å². The van der Waals surface area contributed by atoms with Crippen LogP contribution in [-0.2, 0) is 21.7 Å². The number of pyridine rings is 1. The van der Waals surface area contributed by atoms with E-state index in [-0.39, 0.29) is 34.8 Å². The summed E-state index contributed by atoms with van der Waals surface area (Å²) >= 11 is 0. The molecule has 3 heterocycles. The van der Waals surface area contributed by atoms with Crippen molar-refractivity contribution in [2.24, 2.45) is 0 Å². The fourth-order valence-corrected chi connectivity index (χ4v) is 6.07. The smallest absolute Gasteiger partial charge is 0.155 e. The molecule has 6 rings (SSSR count). The Kier molecular flexibility index (Phi) is 5.22. The summed E-state index contributed by atoms with van der Waals surface area (Å²) in [6.45, 7) is 0. The summed E-state index contributed by atoms with van der Waals surface area (Å²) in [6.07, 6.45) is 7.30. The van der Waals surface area contributed by atoms with Gasteiger partial charge in [-0.05, 0) is 66.6 Å². The van der Waals surface area contributed by atoms with Gasteiger partial charge < -0.3 is 0 Å². The average molecular weight is 509 g/mol. The van der Waals surface area contributed by atoms with Crippen LogP contribution in [-0.4, -0.2) is 50.4 Å². The van der Waals surface area contributed by atoms with Crippen LogP contribution >= 0.6 is 0 Å². The van der Waals surface area contributed by atoms with E-state index in [2.05, 4.69) is 25.3 Å². The number of fused-ring (bicyclic) bond motifs is 5. The SMILES string of the molecule is CS(=O)(=O)CCc1ncn(-c2cc([C@]34CC[C@H](C3)c3cc(-c5c(F)cccc5F)nnc34)ccn2)n1. The van der Waals surface area contributed by atoms with E-state index in [1.807, 2.05) is 12.1 Å². The van der Waals surface area contributed by atoms with Crippen molar-refractivity contribution in [1.82, 2.24) is 29.9 Å². The maximum atomic E-state index is 14.4. The minimum Gasteiger partial charge on any atom is -0.237 e. The molecule has 11 heteroatoms. The van der Waals surface area contributed by atoms with Gasteiger partial charge in [-0.1, -0.05) is 6.07 Å². The predicted octanol–water partition coefficient (Wildman–Crippen LogP) is 3.55. The van der Waals surface area contributed by atoms with Crippen molar-refractivity contribution in [3.8, 4) is 17.1 Å². The molecule has 0 aliphatic heterocycles. The number of aromatic nitrogens is 6. The fraction of sp³-hybridized carbons (Fsp3) is 0.320. The van der Waals surface area contributed by atoms with E-state index in [0.717, 1.165) is 36.1 Å². The van der Waals surface area contributed by atoms with Crippen LogP contribution in [0.5, 0.6) is 0 Å². The second-order valence-electron chi connectivity index (χ2n) is 9.54. The van der Waals surface area contributed by atoms with Crippen molar-refractivity contribution in [3.05, 3.63) is 83.2 Å². The molecule has 0 N–H and O–H groups in total. The molecule has 0 unspecified atom stereocenters. The molecule has 184 valence electrons. The monoisotopic (exact) mass is 508 g/mol. The molecule has 3 aromatic heterocycles. The Balaban J connectivity index is 1.35. The van der Waals surface area contributed by atoms with Gasteiger partial charge in [0.2, 0.25) is 0 Å². The average Bonchev–Trinajstić information content (AvgIpc) is 3.58. The first kappa shape index (κ1) is 22.8. The number of sulfone groups is 1. The third-order valence-electron chi connectivity index (χ3n) is 7.22. The Hall–Kier alpha value is -3.60. The molecule has 1 aromatic carbocycles. The molecule has 8 nitrogen and oxygen atoms in total. The van der Waals surface area contributed by atoms with E-state index in [1.54, 1.807) is 12.3 Å². The molecule has 1 fully saturated rings. The first-order valence-corrected chi connectivity index (χ1v) is 13.7. The summed E-state index contributed by atoms with van der Waals surface area (Å²) in [5.74, 6) is -0.126. The molecule has 1 saturated carbocycles. The van der Waals surface area contributed by atoms with Gasteiger partial charge in [-0.15, -0.1) is 10.2 Å². The summed E-state index contributed by atoms with van der Waals surface area (Å²) in [5, 5.41) is 13.1. The van der Waals surface area contributed by atoms with Crippen LogP contribution in [0.15, 0.2) is 48.9 Å². The zero-order valence-electron chi connectivity index (χ0n) is 19.4. The number of benzene rings is 1. The Morgan fingerprint density at radius 2 is 1.92 bits per heavy atom. The largest absolute Gasteiger partial charge is 0.237 e. The van der Waals surface area contributed by atoms with Crippen molar-refractivity contribution in [3.63, 3.8) is 0 Å². The molecule has 2 aliphatic carbocycles. The van der Waals surface area contributed by atoms with E-state index < -0.39 is 21.5 Å². The molecule has 0 saturated heterocycles. The van der Waals surface area contributed by atoms with E-state index in [0.29, 0.717) is 11.6 Å². The van der Waals surface area contributed by atoms with E-state index >= 15 is 0 Å². The molecule has 0 radical (unpaired) electrons. The lowest BCUT2D eigenvalue weighted by Gasteiger charge is -2.28. The van der Waals surface area contributed by atoms with Gasteiger partial charge in [0.25, 0.3) is 0 Å². The molecular formula is C25H22F2N6O2S. The van der Waals surface area contributed by atoms with Crippen LogP contribution in [0.25, 0.3) is 17.1 Å². The lowest BCUT2D eigenvalue weighted by atomic mass is 9.77. The van der Waals surface area contributed by atoms with E-state index in [9.17, 15) is 17.2 Å². The topological polar surface area (TPSA) is 104 Å². The number of hydrogen-bond acceptors (Lipinski definition) is 7. The second kappa shape index (κ2) is 8.22. The maximum Gasteiger partial charge on any atom is 0.155 e. The van der Waals surface area contributed by atoms with Crippen molar-refractivity contribution < 1.29 is 17.2 Å². The molecule has 2 bridgehead atoms. The Morgan fingerprint density at radius 1 is 1.11 bits per heavy atom.